The third-order valence-electron chi connectivity index (χ3n) is 3.63. The SMILES string of the molecule is CCS(=O)(=O)CCNC(=NC)NCc1ccc(OC(C)(C)C)cc1C(F)(F)F. The van der Waals surface area contributed by atoms with Gasteiger partial charge in [-0.1, -0.05) is 13.0 Å². The molecule has 0 heterocycles. The number of halogens is 3. The lowest BCUT2D eigenvalue weighted by molar-refractivity contribution is -0.138. The van der Waals surface area contributed by atoms with Gasteiger partial charge >= 0.3 is 6.18 Å². The smallest absolute Gasteiger partial charge is 0.416 e. The zero-order chi connectivity index (χ0) is 21.6. The lowest BCUT2D eigenvalue weighted by Gasteiger charge is -2.23. The first kappa shape index (κ1) is 24.1. The number of hydrogen-bond acceptors (Lipinski definition) is 4. The summed E-state index contributed by atoms with van der Waals surface area (Å²) in [6.07, 6.45) is -4.54. The topological polar surface area (TPSA) is 79.8 Å². The Bertz CT molecular complexity index is 785. The second-order valence-corrected chi connectivity index (χ2v) is 9.59. The van der Waals surface area contributed by atoms with Crippen LogP contribution < -0.4 is 15.4 Å². The van der Waals surface area contributed by atoms with Crippen molar-refractivity contribution in [1.82, 2.24) is 10.6 Å². The van der Waals surface area contributed by atoms with E-state index in [2.05, 4.69) is 15.6 Å². The van der Waals surface area contributed by atoms with Crippen molar-refractivity contribution in [3.63, 3.8) is 0 Å². The van der Waals surface area contributed by atoms with E-state index < -0.39 is 27.2 Å². The Hall–Kier alpha value is -1.97. The molecule has 1 aromatic rings. The molecule has 2 N–H and O–H groups in total. The standard InChI is InChI=1S/C18H28F3N3O3S/c1-6-28(25,26)10-9-23-16(22-5)24-12-13-7-8-14(27-17(2,3)4)11-15(13)18(19,20)21/h7-8,11H,6,9-10,12H2,1-5H3,(H2,22,23,24). The Kier molecular flexibility index (Phi) is 8.16. The maximum atomic E-state index is 13.4. The normalized spacial score (nSPS) is 13.4. The van der Waals surface area contributed by atoms with E-state index >= 15 is 0 Å². The van der Waals surface area contributed by atoms with Crippen LogP contribution in [-0.2, 0) is 22.6 Å². The van der Waals surface area contributed by atoms with Gasteiger partial charge in [0, 0.05) is 25.9 Å². The van der Waals surface area contributed by atoms with Gasteiger partial charge in [-0.15, -0.1) is 0 Å². The number of nitrogens with zero attached hydrogens (tertiary/aromatic N) is 1. The van der Waals surface area contributed by atoms with Gasteiger partial charge < -0.3 is 15.4 Å². The molecule has 160 valence electrons. The Morgan fingerprint density at radius 2 is 1.82 bits per heavy atom. The van der Waals surface area contributed by atoms with Gasteiger partial charge in [-0.2, -0.15) is 13.2 Å². The highest BCUT2D eigenvalue weighted by Crippen LogP contribution is 2.35. The van der Waals surface area contributed by atoms with Crippen LogP contribution in [0.4, 0.5) is 13.2 Å². The summed E-state index contributed by atoms with van der Waals surface area (Å²) in [6, 6.07) is 3.82. The molecule has 0 spiro atoms. The molecule has 0 saturated carbocycles. The van der Waals surface area contributed by atoms with Crippen molar-refractivity contribution in [1.29, 1.82) is 0 Å². The molecule has 1 aromatic carbocycles. The fraction of sp³-hybridized carbons (Fsp3) is 0.611. The number of ether oxygens (including phenoxy) is 1. The molecular formula is C18H28F3N3O3S. The van der Waals surface area contributed by atoms with Gasteiger partial charge in [0.1, 0.15) is 11.4 Å². The second kappa shape index (κ2) is 9.49. The quantitative estimate of drug-likeness (QED) is 0.521. The molecule has 0 atom stereocenters. The molecule has 0 aliphatic heterocycles. The highest BCUT2D eigenvalue weighted by atomic mass is 32.2. The third-order valence-corrected chi connectivity index (χ3v) is 5.33. The van der Waals surface area contributed by atoms with E-state index in [1.54, 1.807) is 27.7 Å². The van der Waals surface area contributed by atoms with Crippen LogP contribution in [0.2, 0.25) is 0 Å². The summed E-state index contributed by atoms with van der Waals surface area (Å²) in [5.74, 6) is 0.292. The van der Waals surface area contributed by atoms with Crippen molar-refractivity contribution in [3.05, 3.63) is 29.3 Å². The fourth-order valence-electron chi connectivity index (χ4n) is 2.26. The summed E-state index contributed by atoms with van der Waals surface area (Å²) in [6.45, 7) is 6.79. The zero-order valence-corrected chi connectivity index (χ0v) is 17.6. The molecule has 0 unspecified atom stereocenters. The summed E-state index contributed by atoms with van der Waals surface area (Å²) in [7, 11) is -1.69. The maximum absolute atomic E-state index is 13.4. The Morgan fingerprint density at radius 1 is 1.18 bits per heavy atom. The molecular weight excluding hydrogens is 395 g/mol. The molecule has 10 heteroatoms. The highest BCUT2D eigenvalue weighted by Gasteiger charge is 2.34. The van der Waals surface area contributed by atoms with E-state index in [1.807, 2.05) is 0 Å². The molecule has 6 nitrogen and oxygen atoms in total. The van der Waals surface area contributed by atoms with Crippen LogP contribution in [0.15, 0.2) is 23.2 Å². The van der Waals surface area contributed by atoms with Crippen molar-refractivity contribution in [3.8, 4) is 5.75 Å². The minimum atomic E-state index is -4.54. The van der Waals surface area contributed by atoms with Gasteiger partial charge in [-0.25, -0.2) is 8.42 Å². The van der Waals surface area contributed by atoms with E-state index in [9.17, 15) is 21.6 Å². The van der Waals surface area contributed by atoms with Crippen LogP contribution >= 0.6 is 0 Å². The summed E-state index contributed by atoms with van der Waals surface area (Å²) in [4.78, 5) is 3.90. The molecule has 0 amide bonds. The predicted octanol–water partition coefficient (Wildman–Crippen LogP) is 2.98. The molecule has 28 heavy (non-hydrogen) atoms. The van der Waals surface area contributed by atoms with Crippen molar-refractivity contribution in [2.75, 3.05) is 25.1 Å². The Balaban J connectivity index is 2.86. The van der Waals surface area contributed by atoms with Crippen molar-refractivity contribution < 1.29 is 26.3 Å². The van der Waals surface area contributed by atoms with Gasteiger partial charge in [-0.05, 0) is 38.5 Å². The predicted molar refractivity (Wildman–Crippen MR) is 104 cm³/mol. The summed E-state index contributed by atoms with van der Waals surface area (Å²) in [5.41, 5.74) is -1.39. The molecule has 0 radical (unpaired) electrons. The van der Waals surface area contributed by atoms with E-state index in [1.165, 1.54) is 19.2 Å². The van der Waals surface area contributed by atoms with Crippen LogP contribution in [0, 0.1) is 0 Å². The van der Waals surface area contributed by atoms with Crippen LogP contribution in [0.25, 0.3) is 0 Å². The van der Waals surface area contributed by atoms with Crippen LogP contribution in [-0.4, -0.2) is 45.1 Å². The van der Waals surface area contributed by atoms with Crippen LogP contribution in [0.3, 0.4) is 0 Å². The second-order valence-electron chi connectivity index (χ2n) is 7.12. The average molecular weight is 424 g/mol. The van der Waals surface area contributed by atoms with Crippen LogP contribution in [0.1, 0.15) is 38.8 Å². The van der Waals surface area contributed by atoms with E-state index in [-0.39, 0.29) is 41.9 Å². The number of nitrogens with one attached hydrogen (secondary N) is 2. The summed E-state index contributed by atoms with van der Waals surface area (Å²) >= 11 is 0. The van der Waals surface area contributed by atoms with Gasteiger partial charge in [0.2, 0.25) is 0 Å². The minimum absolute atomic E-state index is 0.0258. The van der Waals surface area contributed by atoms with E-state index in [0.29, 0.717) is 0 Å². The average Bonchev–Trinajstić information content (AvgIpc) is 2.56. The number of alkyl halides is 3. The van der Waals surface area contributed by atoms with Crippen molar-refractivity contribution >= 4 is 15.8 Å². The maximum Gasteiger partial charge on any atom is 0.416 e. The monoisotopic (exact) mass is 423 g/mol. The molecule has 1 rings (SSSR count). The van der Waals surface area contributed by atoms with Crippen molar-refractivity contribution in [2.24, 2.45) is 4.99 Å². The number of guanidine groups is 1. The zero-order valence-electron chi connectivity index (χ0n) is 16.8. The molecule has 0 fully saturated rings. The van der Waals surface area contributed by atoms with Crippen molar-refractivity contribution in [2.45, 2.75) is 46.0 Å². The van der Waals surface area contributed by atoms with E-state index in [4.69, 9.17) is 4.74 Å². The summed E-state index contributed by atoms with van der Waals surface area (Å²) < 4.78 is 68.8. The third kappa shape index (κ3) is 8.37. The number of hydrogen-bond donors (Lipinski definition) is 2. The largest absolute Gasteiger partial charge is 0.488 e. The molecule has 0 aliphatic carbocycles. The van der Waals surface area contributed by atoms with Gasteiger partial charge in [0.25, 0.3) is 0 Å². The molecule has 0 saturated heterocycles. The minimum Gasteiger partial charge on any atom is -0.488 e. The number of sulfone groups is 1. The lowest BCUT2D eigenvalue weighted by atomic mass is 10.1. The highest BCUT2D eigenvalue weighted by molar-refractivity contribution is 7.91. The molecule has 0 bridgehead atoms. The van der Waals surface area contributed by atoms with Gasteiger partial charge in [-0.3, -0.25) is 4.99 Å². The Morgan fingerprint density at radius 3 is 2.32 bits per heavy atom. The Labute approximate surface area is 164 Å². The number of rotatable bonds is 7. The van der Waals surface area contributed by atoms with Gasteiger partial charge in [0.15, 0.2) is 15.8 Å². The fourth-order valence-corrected chi connectivity index (χ4v) is 2.96. The first-order chi connectivity index (χ1) is 12.8. The first-order valence-corrected chi connectivity index (χ1v) is 10.6. The van der Waals surface area contributed by atoms with Crippen LogP contribution in [0.5, 0.6) is 5.75 Å². The van der Waals surface area contributed by atoms with Gasteiger partial charge in [0.05, 0.1) is 11.3 Å². The summed E-state index contributed by atoms with van der Waals surface area (Å²) in [5, 5.41) is 5.56. The molecule has 0 aliphatic rings. The molecule has 0 aromatic heterocycles. The number of aliphatic imine (C=N–C) groups is 1. The lowest BCUT2D eigenvalue weighted by Crippen LogP contribution is -2.39. The first-order valence-electron chi connectivity index (χ1n) is 8.81. The number of benzene rings is 1. The van der Waals surface area contributed by atoms with E-state index in [0.717, 1.165) is 6.07 Å².